The molecule has 14 heavy (non-hydrogen) atoms. The van der Waals surface area contributed by atoms with E-state index < -0.39 is 0 Å². The Hall–Kier alpha value is -1.06. The van der Waals surface area contributed by atoms with Crippen molar-refractivity contribution in [3.8, 4) is 0 Å². The molecule has 0 bridgehead atoms. The molecule has 76 valence electrons. The molecule has 0 saturated carbocycles. The first-order valence-corrected chi connectivity index (χ1v) is 4.79. The molecule has 0 amide bonds. The quantitative estimate of drug-likeness (QED) is 0.613. The van der Waals surface area contributed by atoms with Crippen LogP contribution in [0.25, 0.3) is 0 Å². The minimum Gasteiger partial charge on any atom is -0.449 e. The van der Waals surface area contributed by atoms with Crippen LogP contribution in [0, 0.1) is 0 Å². The molecule has 0 spiro atoms. The van der Waals surface area contributed by atoms with Gasteiger partial charge in [-0.15, -0.1) is 0 Å². The summed E-state index contributed by atoms with van der Waals surface area (Å²) in [5.74, 6) is -0.378. The number of benzene rings is 1. The molecule has 0 aliphatic heterocycles. The maximum absolute atomic E-state index is 11.0. The molecule has 0 radical (unpaired) electrons. The number of carbonyl (C=O) groups is 1. The fraction of sp³-hybridized carbons (Fsp3) is 0.300. The van der Waals surface area contributed by atoms with Crippen LogP contribution in [-0.4, -0.2) is 12.0 Å². The van der Waals surface area contributed by atoms with Gasteiger partial charge in [0.15, 0.2) is 6.07 Å². The first-order valence-electron chi connectivity index (χ1n) is 4.26. The van der Waals surface area contributed by atoms with Gasteiger partial charge >= 0.3 is 5.97 Å². The zero-order valence-electron chi connectivity index (χ0n) is 7.65. The van der Waals surface area contributed by atoms with E-state index in [1.165, 1.54) is 0 Å². The normalized spacial score (nSPS) is 12.1. The second-order valence-electron chi connectivity index (χ2n) is 2.85. The van der Waals surface area contributed by atoms with E-state index in [1.807, 2.05) is 30.3 Å². The molecule has 0 saturated heterocycles. The molecule has 0 aliphatic rings. The zero-order valence-corrected chi connectivity index (χ0v) is 8.41. The van der Waals surface area contributed by atoms with E-state index in [0.29, 0.717) is 0 Å². The number of hydrogen-bond acceptors (Lipinski definition) is 3. The average molecular weight is 214 g/mol. The van der Waals surface area contributed by atoms with Crippen molar-refractivity contribution in [3.63, 3.8) is 0 Å². The molecule has 0 aliphatic carbocycles. The highest BCUT2D eigenvalue weighted by Crippen LogP contribution is 2.13. The lowest BCUT2D eigenvalue weighted by Gasteiger charge is -2.10. The third-order valence-corrected chi connectivity index (χ3v) is 1.94. The lowest BCUT2D eigenvalue weighted by atomic mass is 10.1. The highest BCUT2D eigenvalue weighted by atomic mass is 35.5. The van der Waals surface area contributed by atoms with Crippen molar-refractivity contribution in [3.05, 3.63) is 35.9 Å². The summed E-state index contributed by atoms with van der Waals surface area (Å²) in [4.78, 5) is 11.0. The largest absolute Gasteiger partial charge is 0.449 e. The molecular weight excluding hydrogens is 202 g/mol. The molecule has 1 aromatic rings. The third-order valence-electron chi connectivity index (χ3n) is 1.83. The van der Waals surface area contributed by atoms with Crippen LogP contribution in [0.2, 0.25) is 0 Å². The Labute approximate surface area is 87.8 Å². The molecule has 0 unspecified atom stereocenters. The van der Waals surface area contributed by atoms with Gasteiger partial charge in [0, 0.05) is 6.04 Å². The van der Waals surface area contributed by atoms with Crippen LogP contribution in [0.4, 0.5) is 0 Å². The average Bonchev–Trinajstić information content (AvgIpc) is 2.19. The van der Waals surface area contributed by atoms with Gasteiger partial charge in [0.2, 0.25) is 0 Å². The SMILES string of the molecule is N[C@H](CC(=O)OCCl)c1ccccc1. The maximum atomic E-state index is 11.0. The Morgan fingerprint density at radius 3 is 2.64 bits per heavy atom. The summed E-state index contributed by atoms with van der Waals surface area (Å²) in [5, 5.41) is 0. The van der Waals surface area contributed by atoms with Crippen molar-refractivity contribution in [2.45, 2.75) is 12.5 Å². The molecule has 4 heteroatoms. The van der Waals surface area contributed by atoms with Crippen molar-refractivity contribution in [2.24, 2.45) is 5.73 Å². The smallest absolute Gasteiger partial charge is 0.308 e. The first-order chi connectivity index (χ1) is 6.74. The van der Waals surface area contributed by atoms with E-state index >= 15 is 0 Å². The summed E-state index contributed by atoms with van der Waals surface area (Å²) >= 11 is 5.24. The molecule has 0 heterocycles. The van der Waals surface area contributed by atoms with Gasteiger partial charge in [-0.1, -0.05) is 41.9 Å². The molecule has 1 rings (SSSR count). The topological polar surface area (TPSA) is 52.3 Å². The minimum absolute atomic E-state index is 0.125. The number of halogens is 1. The fourth-order valence-electron chi connectivity index (χ4n) is 1.12. The molecule has 2 N–H and O–H groups in total. The number of ether oxygens (including phenoxy) is 1. The summed E-state index contributed by atoms with van der Waals surface area (Å²) in [6, 6.07) is 8.95. The van der Waals surface area contributed by atoms with Gasteiger partial charge in [0.25, 0.3) is 0 Å². The van der Waals surface area contributed by atoms with Crippen molar-refractivity contribution < 1.29 is 9.53 Å². The van der Waals surface area contributed by atoms with Crippen molar-refractivity contribution in [1.29, 1.82) is 0 Å². The standard InChI is InChI=1S/C10H12ClNO2/c11-7-14-10(13)6-9(12)8-4-2-1-3-5-8/h1-5,9H,6-7,12H2/t9-/m1/s1. The van der Waals surface area contributed by atoms with Crippen molar-refractivity contribution in [2.75, 3.05) is 6.07 Å². The van der Waals surface area contributed by atoms with E-state index in [1.54, 1.807) is 0 Å². The van der Waals surface area contributed by atoms with Crippen LogP contribution in [-0.2, 0) is 9.53 Å². The van der Waals surface area contributed by atoms with Gasteiger partial charge in [-0.25, -0.2) is 0 Å². The second kappa shape index (κ2) is 5.62. The highest BCUT2D eigenvalue weighted by molar-refractivity contribution is 6.17. The fourth-order valence-corrected chi connectivity index (χ4v) is 1.24. The lowest BCUT2D eigenvalue weighted by Crippen LogP contribution is -2.16. The number of carbonyl (C=O) groups excluding carboxylic acids is 1. The Balaban J connectivity index is 2.50. The number of hydrogen-bond donors (Lipinski definition) is 1. The van der Waals surface area contributed by atoms with Gasteiger partial charge in [-0.3, -0.25) is 4.79 Å². The van der Waals surface area contributed by atoms with Gasteiger partial charge in [-0.2, -0.15) is 0 Å². The van der Waals surface area contributed by atoms with Crippen LogP contribution in [0.1, 0.15) is 18.0 Å². The van der Waals surface area contributed by atoms with Crippen LogP contribution < -0.4 is 5.73 Å². The predicted octanol–water partition coefficient (Wildman–Crippen LogP) is 1.82. The molecule has 1 aromatic carbocycles. The van der Waals surface area contributed by atoms with Gasteiger partial charge < -0.3 is 10.5 Å². The summed E-state index contributed by atoms with van der Waals surface area (Å²) in [7, 11) is 0. The van der Waals surface area contributed by atoms with Crippen LogP contribution >= 0.6 is 11.6 Å². The molecule has 0 aromatic heterocycles. The highest BCUT2D eigenvalue weighted by Gasteiger charge is 2.11. The van der Waals surface area contributed by atoms with Gasteiger partial charge in [0.1, 0.15) is 0 Å². The lowest BCUT2D eigenvalue weighted by molar-refractivity contribution is -0.142. The maximum Gasteiger partial charge on any atom is 0.308 e. The Morgan fingerprint density at radius 1 is 1.43 bits per heavy atom. The molecule has 1 atom stereocenters. The van der Waals surface area contributed by atoms with Crippen molar-refractivity contribution >= 4 is 17.6 Å². The van der Waals surface area contributed by atoms with Crippen LogP contribution in [0.3, 0.4) is 0 Å². The molecular formula is C10H12ClNO2. The molecule has 0 fully saturated rings. The number of rotatable bonds is 4. The Kier molecular flexibility index (Phi) is 4.43. The van der Waals surface area contributed by atoms with Gasteiger partial charge in [-0.05, 0) is 5.56 Å². The Morgan fingerprint density at radius 2 is 2.07 bits per heavy atom. The van der Waals surface area contributed by atoms with E-state index in [0.717, 1.165) is 5.56 Å². The number of esters is 1. The summed E-state index contributed by atoms with van der Waals surface area (Å²) in [6.45, 7) is 0. The summed E-state index contributed by atoms with van der Waals surface area (Å²) in [5.41, 5.74) is 6.70. The van der Waals surface area contributed by atoms with Crippen LogP contribution in [0.15, 0.2) is 30.3 Å². The Bertz CT molecular complexity index is 289. The van der Waals surface area contributed by atoms with E-state index in [2.05, 4.69) is 4.74 Å². The van der Waals surface area contributed by atoms with E-state index in [9.17, 15) is 4.79 Å². The monoisotopic (exact) mass is 213 g/mol. The third kappa shape index (κ3) is 3.36. The van der Waals surface area contributed by atoms with Crippen LogP contribution in [0.5, 0.6) is 0 Å². The predicted molar refractivity (Wildman–Crippen MR) is 54.8 cm³/mol. The zero-order chi connectivity index (χ0) is 10.4. The molecule has 3 nitrogen and oxygen atoms in total. The summed E-state index contributed by atoms with van der Waals surface area (Å²) in [6.07, 6.45) is 0.150. The minimum atomic E-state index is -0.378. The number of nitrogens with two attached hydrogens (primary N) is 1. The van der Waals surface area contributed by atoms with Gasteiger partial charge in [0.05, 0.1) is 6.42 Å². The second-order valence-corrected chi connectivity index (χ2v) is 3.06. The number of alkyl halides is 1. The first kappa shape index (κ1) is 11.0. The van der Waals surface area contributed by atoms with E-state index in [-0.39, 0.29) is 24.5 Å². The van der Waals surface area contributed by atoms with Crippen molar-refractivity contribution in [1.82, 2.24) is 0 Å². The van der Waals surface area contributed by atoms with E-state index in [4.69, 9.17) is 17.3 Å². The summed E-state index contributed by atoms with van der Waals surface area (Å²) < 4.78 is 4.58.